The van der Waals surface area contributed by atoms with Gasteiger partial charge in [-0.25, -0.2) is 0 Å². The van der Waals surface area contributed by atoms with E-state index in [-0.39, 0.29) is 24.4 Å². The van der Waals surface area contributed by atoms with Crippen LogP contribution in [0.4, 0.5) is 0 Å². The van der Waals surface area contributed by atoms with E-state index in [0.717, 1.165) is 11.1 Å². The molecular weight excluding hydrogens is 248 g/mol. The lowest BCUT2D eigenvalue weighted by Gasteiger charge is -2.15. The van der Waals surface area contributed by atoms with Crippen molar-refractivity contribution >= 4 is 5.78 Å². The molecule has 0 N–H and O–H groups in total. The molecule has 0 unspecified atom stereocenters. The van der Waals surface area contributed by atoms with Crippen molar-refractivity contribution in [1.82, 2.24) is 0 Å². The maximum Gasteiger partial charge on any atom is 0.161 e. The van der Waals surface area contributed by atoms with Crippen molar-refractivity contribution < 1.29 is 9.53 Å². The van der Waals surface area contributed by atoms with E-state index in [2.05, 4.69) is 24.3 Å². The standard InChI is InChI=1S/C18H18O2/c1-12(2)17(19)11-20-18-15-9-5-3-7-13(15)14-8-4-6-10-16(14)18/h3-10,12,18H,11H2,1-2H3. The third-order valence-corrected chi connectivity index (χ3v) is 3.81. The monoisotopic (exact) mass is 266 g/mol. The molecule has 0 aromatic heterocycles. The number of hydrogen-bond donors (Lipinski definition) is 0. The van der Waals surface area contributed by atoms with Crippen LogP contribution in [0.25, 0.3) is 11.1 Å². The van der Waals surface area contributed by atoms with Crippen LogP contribution in [-0.4, -0.2) is 12.4 Å². The molecule has 0 saturated heterocycles. The Bertz CT molecular complexity index is 598. The second-order valence-corrected chi connectivity index (χ2v) is 5.49. The molecule has 2 nitrogen and oxygen atoms in total. The van der Waals surface area contributed by atoms with Crippen LogP contribution in [0.2, 0.25) is 0 Å². The van der Waals surface area contributed by atoms with Gasteiger partial charge in [0, 0.05) is 5.92 Å². The molecule has 0 fully saturated rings. The summed E-state index contributed by atoms with van der Waals surface area (Å²) in [6, 6.07) is 16.5. The Hall–Kier alpha value is -1.93. The molecule has 102 valence electrons. The van der Waals surface area contributed by atoms with E-state index in [1.165, 1.54) is 11.1 Å². The van der Waals surface area contributed by atoms with Crippen molar-refractivity contribution in [3.8, 4) is 11.1 Å². The molecule has 0 bridgehead atoms. The fourth-order valence-electron chi connectivity index (χ4n) is 2.62. The van der Waals surface area contributed by atoms with Crippen molar-refractivity contribution in [3.63, 3.8) is 0 Å². The Morgan fingerprint density at radius 1 is 1.00 bits per heavy atom. The van der Waals surface area contributed by atoms with Crippen molar-refractivity contribution in [2.45, 2.75) is 20.0 Å². The van der Waals surface area contributed by atoms with Gasteiger partial charge >= 0.3 is 0 Å². The SMILES string of the molecule is CC(C)C(=O)COC1c2ccccc2-c2ccccc21. The lowest BCUT2D eigenvalue weighted by Crippen LogP contribution is -2.17. The molecule has 0 radical (unpaired) electrons. The molecule has 0 saturated carbocycles. The van der Waals surface area contributed by atoms with E-state index in [4.69, 9.17) is 4.74 Å². The number of carbonyl (C=O) groups excluding carboxylic acids is 1. The van der Waals surface area contributed by atoms with Gasteiger partial charge in [0.2, 0.25) is 0 Å². The van der Waals surface area contributed by atoms with Gasteiger partial charge in [-0.15, -0.1) is 0 Å². The van der Waals surface area contributed by atoms with Crippen LogP contribution < -0.4 is 0 Å². The quantitative estimate of drug-likeness (QED) is 0.836. The van der Waals surface area contributed by atoms with Gasteiger partial charge in [0.05, 0.1) is 0 Å². The average molecular weight is 266 g/mol. The van der Waals surface area contributed by atoms with Gasteiger partial charge in [-0.2, -0.15) is 0 Å². The summed E-state index contributed by atoms with van der Waals surface area (Å²) >= 11 is 0. The van der Waals surface area contributed by atoms with Gasteiger partial charge in [-0.05, 0) is 22.3 Å². The summed E-state index contributed by atoms with van der Waals surface area (Å²) in [5.74, 6) is 0.161. The summed E-state index contributed by atoms with van der Waals surface area (Å²) in [6.45, 7) is 3.98. The summed E-state index contributed by atoms with van der Waals surface area (Å²) < 4.78 is 5.93. The van der Waals surface area contributed by atoms with Crippen LogP contribution >= 0.6 is 0 Å². The maximum absolute atomic E-state index is 11.8. The van der Waals surface area contributed by atoms with E-state index in [1.807, 2.05) is 38.1 Å². The molecule has 2 heteroatoms. The molecule has 0 heterocycles. The zero-order chi connectivity index (χ0) is 14.1. The van der Waals surface area contributed by atoms with Gasteiger partial charge in [0.25, 0.3) is 0 Å². The second kappa shape index (κ2) is 5.22. The summed E-state index contributed by atoms with van der Waals surface area (Å²) in [5, 5.41) is 0. The number of rotatable bonds is 4. The van der Waals surface area contributed by atoms with Crippen LogP contribution in [0.5, 0.6) is 0 Å². The molecular formula is C18H18O2. The Morgan fingerprint density at radius 3 is 2.00 bits per heavy atom. The number of ketones is 1. The third kappa shape index (κ3) is 2.16. The van der Waals surface area contributed by atoms with Gasteiger partial charge < -0.3 is 4.74 Å². The predicted octanol–water partition coefficient (Wildman–Crippen LogP) is 4.00. The highest BCUT2D eigenvalue weighted by molar-refractivity contribution is 5.82. The predicted molar refractivity (Wildman–Crippen MR) is 79.5 cm³/mol. The highest BCUT2D eigenvalue weighted by Crippen LogP contribution is 2.44. The maximum atomic E-state index is 11.8. The molecule has 2 aromatic carbocycles. The van der Waals surface area contributed by atoms with Crippen molar-refractivity contribution in [1.29, 1.82) is 0 Å². The molecule has 20 heavy (non-hydrogen) atoms. The van der Waals surface area contributed by atoms with E-state index < -0.39 is 0 Å². The van der Waals surface area contributed by atoms with E-state index >= 15 is 0 Å². The first kappa shape index (κ1) is 13.1. The van der Waals surface area contributed by atoms with Crippen molar-refractivity contribution in [3.05, 3.63) is 59.7 Å². The van der Waals surface area contributed by atoms with Crippen molar-refractivity contribution in [2.24, 2.45) is 5.92 Å². The highest BCUT2D eigenvalue weighted by atomic mass is 16.5. The first-order valence-electron chi connectivity index (χ1n) is 7.01. The first-order valence-corrected chi connectivity index (χ1v) is 7.01. The normalized spacial score (nSPS) is 13.3. The molecule has 3 rings (SSSR count). The Labute approximate surface area is 119 Å². The van der Waals surface area contributed by atoms with Gasteiger partial charge in [-0.3, -0.25) is 4.79 Å². The van der Waals surface area contributed by atoms with Crippen LogP contribution in [-0.2, 0) is 9.53 Å². The molecule has 0 spiro atoms. The average Bonchev–Trinajstić information content (AvgIpc) is 2.79. The van der Waals surface area contributed by atoms with E-state index in [9.17, 15) is 4.79 Å². The fourth-order valence-corrected chi connectivity index (χ4v) is 2.62. The number of hydrogen-bond acceptors (Lipinski definition) is 2. The lowest BCUT2D eigenvalue weighted by molar-refractivity contribution is -0.127. The summed E-state index contributed by atoms with van der Waals surface area (Å²) in [7, 11) is 0. The Kier molecular flexibility index (Phi) is 3.41. The first-order chi connectivity index (χ1) is 9.68. The summed E-state index contributed by atoms with van der Waals surface area (Å²) in [6.07, 6.45) is -0.120. The smallest absolute Gasteiger partial charge is 0.161 e. The van der Waals surface area contributed by atoms with Gasteiger partial charge in [0.15, 0.2) is 5.78 Å². The highest BCUT2D eigenvalue weighted by Gasteiger charge is 2.29. The Morgan fingerprint density at radius 2 is 1.50 bits per heavy atom. The van der Waals surface area contributed by atoms with Crippen LogP contribution in [0, 0.1) is 5.92 Å². The summed E-state index contributed by atoms with van der Waals surface area (Å²) in [5.41, 5.74) is 4.74. The van der Waals surface area contributed by atoms with Crippen LogP contribution in [0.15, 0.2) is 48.5 Å². The Balaban J connectivity index is 1.93. The van der Waals surface area contributed by atoms with Gasteiger partial charge in [0.1, 0.15) is 12.7 Å². The molecule has 1 aliphatic carbocycles. The van der Waals surface area contributed by atoms with Gasteiger partial charge in [-0.1, -0.05) is 62.4 Å². The summed E-state index contributed by atoms with van der Waals surface area (Å²) in [4.78, 5) is 11.8. The van der Waals surface area contributed by atoms with Crippen LogP contribution in [0.1, 0.15) is 31.1 Å². The minimum absolute atomic E-state index is 0.0156. The zero-order valence-electron chi connectivity index (χ0n) is 11.8. The number of ether oxygens (including phenoxy) is 1. The number of fused-ring (bicyclic) bond motifs is 3. The van der Waals surface area contributed by atoms with Crippen LogP contribution in [0.3, 0.4) is 0 Å². The number of carbonyl (C=O) groups is 1. The molecule has 0 amide bonds. The molecule has 0 aliphatic heterocycles. The number of Topliss-reactive ketones (excluding diaryl/α,β-unsaturated/α-hetero) is 1. The lowest BCUT2D eigenvalue weighted by atomic mass is 10.1. The molecule has 2 aromatic rings. The number of benzene rings is 2. The second-order valence-electron chi connectivity index (χ2n) is 5.49. The third-order valence-electron chi connectivity index (χ3n) is 3.81. The zero-order valence-corrected chi connectivity index (χ0v) is 11.8. The topological polar surface area (TPSA) is 26.3 Å². The largest absolute Gasteiger partial charge is 0.361 e. The molecule has 0 atom stereocenters. The minimum atomic E-state index is -0.120. The fraction of sp³-hybridized carbons (Fsp3) is 0.278. The van der Waals surface area contributed by atoms with E-state index in [0.29, 0.717) is 0 Å². The molecule has 1 aliphatic rings. The van der Waals surface area contributed by atoms with Crippen molar-refractivity contribution in [2.75, 3.05) is 6.61 Å². The minimum Gasteiger partial charge on any atom is -0.361 e. The van der Waals surface area contributed by atoms with E-state index in [1.54, 1.807) is 0 Å².